The summed E-state index contributed by atoms with van der Waals surface area (Å²) in [6, 6.07) is 3.65. The van der Waals surface area contributed by atoms with Gasteiger partial charge in [0.2, 0.25) is 0 Å². The molecule has 3 heterocycles. The summed E-state index contributed by atoms with van der Waals surface area (Å²) in [6.07, 6.45) is 5.45. The molecule has 6 heteroatoms. The Labute approximate surface area is 121 Å². The number of carbonyl (C=O) groups excluding carboxylic acids is 1. The first kappa shape index (κ1) is 13.3. The molecule has 0 spiro atoms. The fourth-order valence-corrected chi connectivity index (χ4v) is 3.13. The number of thiazole rings is 1. The minimum Gasteiger partial charge on any atom is -0.462 e. The minimum atomic E-state index is -0.0498. The summed E-state index contributed by atoms with van der Waals surface area (Å²) in [5.74, 6) is 1.34. The molecule has 0 aromatic carbocycles. The fraction of sp³-hybridized carbons (Fsp3) is 0.429. The Hall–Kier alpha value is -1.66. The number of nitrogens with one attached hydrogen (secondary N) is 2. The molecule has 1 aliphatic rings. The molecule has 2 aromatic rings. The highest BCUT2D eigenvalue weighted by molar-refractivity contribution is 7.16. The average molecular weight is 291 g/mol. The van der Waals surface area contributed by atoms with Crippen LogP contribution in [0.1, 0.15) is 22.5 Å². The van der Waals surface area contributed by atoms with Crippen molar-refractivity contribution in [2.45, 2.75) is 12.8 Å². The highest BCUT2D eigenvalue weighted by atomic mass is 32.1. The van der Waals surface area contributed by atoms with E-state index in [9.17, 15) is 4.79 Å². The lowest BCUT2D eigenvalue weighted by atomic mass is 10.1. The number of aromatic nitrogens is 1. The summed E-state index contributed by atoms with van der Waals surface area (Å²) in [4.78, 5) is 16.9. The van der Waals surface area contributed by atoms with Gasteiger partial charge >= 0.3 is 0 Å². The molecule has 20 heavy (non-hydrogen) atoms. The maximum atomic E-state index is 12.0. The van der Waals surface area contributed by atoms with Crippen molar-refractivity contribution in [1.82, 2.24) is 15.6 Å². The first-order valence-electron chi connectivity index (χ1n) is 6.81. The number of carbonyl (C=O) groups is 1. The van der Waals surface area contributed by atoms with E-state index in [1.807, 2.05) is 12.1 Å². The number of amides is 1. The van der Waals surface area contributed by atoms with Crippen LogP contribution in [0.15, 0.2) is 29.0 Å². The van der Waals surface area contributed by atoms with E-state index in [2.05, 4.69) is 15.6 Å². The predicted molar refractivity (Wildman–Crippen MR) is 77.7 cm³/mol. The molecule has 1 unspecified atom stereocenters. The number of nitrogens with zero attached hydrogens (tertiary/aromatic N) is 1. The molecule has 0 bridgehead atoms. The lowest BCUT2D eigenvalue weighted by Crippen LogP contribution is -2.25. The highest BCUT2D eigenvalue weighted by Crippen LogP contribution is 2.25. The van der Waals surface area contributed by atoms with Crippen molar-refractivity contribution < 1.29 is 9.21 Å². The van der Waals surface area contributed by atoms with Gasteiger partial charge < -0.3 is 15.1 Å². The van der Waals surface area contributed by atoms with Crippen LogP contribution < -0.4 is 10.6 Å². The Kier molecular flexibility index (Phi) is 4.13. The van der Waals surface area contributed by atoms with Crippen molar-refractivity contribution in [2.75, 3.05) is 19.6 Å². The smallest absolute Gasteiger partial charge is 0.263 e. The third-order valence-electron chi connectivity index (χ3n) is 3.46. The number of rotatable bonds is 5. The monoisotopic (exact) mass is 291 g/mol. The predicted octanol–water partition coefficient (Wildman–Crippen LogP) is 2.13. The van der Waals surface area contributed by atoms with Gasteiger partial charge in [0.05, 0.1) is 12.5 Å². The van der Waals surface area contributed by atoms with Gasteiger partial charge in [-0.3, -0.25) is 4.79 Å². The van der Waals surface area contributed by atoms with Crippen molar-refractivity contribution in [3.8, 4) is 10.8 Å². The largest absolute Gasteiger partial charge is 0.462 e. The zero-order valence-corrected chi connectivity index (χ0v) is 11.9. The zero-order chi connectivity index (χ0) is 13.8. The van der Waals surface area contributed by atoms with Crippen molar-refractivity contribution in [3.05, 3.63) is 29.5 Å². The van der Waals surface area contributed by atoms with Crippen LogP contribution in [0, 0.1) is 5.92 Å². The van der Waals surface area contributed by atoms with Gasteiger partial charge in [-0.1, -0.05) is 0 Å². The molecule has 5 nitrogen and oxygen atoms in total. The molecule has 2 N–H and O–H groups in total. The van der Waals surface area contributed by atoms with Crippen molar-refractivity contribution in [3.63, 3.8) is 0 Å². The minimum absolute atomic E-state index is 0.0498. The van der Waals surface area contributed by atoms with Gasteiger partial charge in [-0.25, -0.2) is 4.98 Å². The standard InChI is InChI=1S/C14H17N3O2S/c18-13(16-6-4-10-3-5-15-8-10)12-9-17-14(20-12)11-2-1-7-19-11/h1-2,7,9-10,15H,3-6,8H2,(H,16,18). The van der Waals surface area contributed by atoms with E-state index < -0.39 is 0 Å². The van der Waals surface area contributed by atoms with Gasteiger partial charge in [-0.05, 0) is 44.0 Å². The summed E-state index contributed by atoms with van der Waals surface area (Å²) in [7, 11) is 0. The Morgan fingerprint density at radius 2 is 2.55 bits per heavy atom. The number of furan rings is 1. The van der Waals surface area contributed by atoms with E-state index in [0.29, 0.717) is 16.6 Å². The molecular weight excluding hydrogens is 274 g/mol. The lowest BCUT2D eigenvalue weighted by molar-refractivity contribution is 0.0955. The lowest BCUT2D eigenvalue weighted by Gasteiger charge is -2.08. The van der Waals surface area contributed by atoms with Crippen LogP contribution in [0.25, 0.3) is 10.8 Å². The van der Waals surface area contributed by atoms with Gasteiger partial charge in [0.15, 0.2) is 10.8 Å². The van der Waals surface area contributed by atoms with Gasteiger partial charge in [-0.2, -0.15) is 0 Å². The third-order valence-corrected chi connectivity index (χ3v) is 4.47. The Morgan fingerprint density at radius 1 is 1.60 bits per heavy atom. The fourth-order valence-electron chi connectivity index (χ4n) is 2.33. The van der Waals surface area contributed by atoms with E-state index in [1.165, 1.54) is 17.8 Å². The Bertz CT molecular complexity index is 559. The van der Waals surface area contributed by atoms with E-state index in [4.69, 9.17) is 4.42 Å². The van der Waals surface area contributed by atoms with Crippen LogP contribution in [0.2, 0.25) is 0 Å². The van der Waals surface area contributed by atoms with Gasteiger partial charge in [-0.15, -0.1) is 11.3 Å². The molecule has 3 rings (SSSR count). The van der Waals surface area contributed by atoms with E-state index >= 15 is 0 Å². The molecule has 1 fully saturated rings. The second kappa shape index (κ2) is 6.19. The normalized spacial score (nSPS) is 18.3. The summed E-state index contributed by atoms with van der Waals surface area (Å²) in [6.45, 7) is 2.89. The molecule has 1 aliphatic heterocycles. The molecule has 0 saturated carbocycles. The van der Waals surface area contributed by atoms with Crippen LogP contribution in [-0.4, -0.2) is 30.5 Å². The van der Waals surface area contributed by atoms with Crippen molar-refractivity contribution in [2.24, 2.45) is 5.92 Å². The number of hydrogen-bond donors (Lipinski definition) is 2. The van der Waals surface area contributed by atoms with Crippen LogP contribution in [0.5, 0.6) is 0 Å². The SMILES string of the molecule is O=C(NCCC1CCNC1)c1cnc(-c2ccco2)s1. The summed E-state index contributed by atoms with van der Waals surface area (Å²) in [5.41, 5.74) is 0. The molecule has 2 aromatic heterocycles. The van der Waals surface area contributed by atoms with Gasteiger partial charge in [0, 0.05) is 6.54 Å². The van der Waals surface area contributed by atoms with Gasteiger partial charge in [0.25, 0.3) is 5.91 Å². The van der Waals surface area contributed by atoms with Crippen LogP contribution >= 0.6 is 11.3 Å². The van der Waals surface area contributed by atoms with E-state index in [-0.39, 0.29) is 5.91 Å². The highest BCUT2D eigenvalue weighted by Gasteiger charge is 2.16. The quantitative estimate of drug-likeness (QED) is 0.885. The zero-order valence-electron chi connectivity index (χ0n) is 11.1. The van der Waals surface area contributed by atoms with Crippen molar-refractivity contribution >= 4 is 17.2 Å². The second-order valence-electron chi connectivity index (χ2n) is 4.91. The molecule has 0 aliphatic carbocycles. The van der Waals surface area contributed by atoms with Crippen LogP contribution in [-0.2, 0) is 0 Å². The summed E-state index contributed by atoms with van der Waals surface area (Å²) < 4.78 is 5.27. The second-order valence-corrected chi connectivity index (χ2v) is 5.94. The molecular formula is C14H17N3O2S. The third kappa shape index (κ3) is 3.08. The first-order chi connectivity index (χ1) is 9.83. The maximum Gasteiger partial charge on any atom is 0.263 e. The van der Waals surface area contributed by atoms with E-state index in [1.54, 1.807) is 12.5 Å². The average Bonchev–Trinajstić information content (AvgIpc) is 3.20. The van der Waals surface area contributed by atoms with Crippen LogP contribution in [0.4, 0.5) is 0 Å². The van der Waals surface area contributed by atoms with E-state index in [0.717, 1.165) is 31.1 Å². The molecule has 1 saturated heterocycles. The molecule has 0 radical (unpaired) electrons. The topological polar surface area (TPSA) is 67.2 Å². The molecule has 1 atom stereocenters. The molecule has 1 amide bonds. The maximum absolute atomic E-state index is 12.0. The summed E-state index contributed by atoms with van der Waals surface area (Å²) in [5, 5.41) is 7.02. The van der Waals surface area contributed by atoms with Crippen molar-refractivity contribution in [1.29, 1.82) is 0 Å². The Morgan fingerprint density at radius 3 is 3.30 bits per heavy atom. The van der Waals surface area contributed by atoms with Gasteiger partial charge in [0.1, 0.15) is 4.88 Å². The first-order valence-corrected chi connectivity index (χ1v) is 7.63. The number of hydrogen-bond acceptors (Lipinski definition) is 5. The summed E-state index contributed by atoms with van der Waals surface area (Å²) >= 11 is 1.35. The molecule has 106 valence electrons. The van der Waals surface area contributed by atoms with Crippen LogP contribution in [0.3, 0.4) is 0 Å². The Balaban J connectivity index is 1.52.